The van der Waals surface area contributed by atoms with Gasteiger partial charge in [0.25, 0.3) is 0 Å². The Morgan fingerprint density at radius 2 is 2.00 bits per heavy atom. The summed E-state index contributed by atoms with van der Waals surface area (Å²) in [5.74, 6) is 1.27. The summed E-state index contributed by atoms with van der Waals surface area (Å²) in [6.07, 6.45) is 6.55. The van der Waals surface area contributed by atoms with Gasteiger partial charge in [-0.25, -0.2) is 0 Å². The Labute approximate surface area is 112 Å². The number of nitrogens with two attached hydrogens (primary N) is 1. The van der Waals surface area contributed by atoms with Gasteiger partial charge in [-0.2, -0.15) is 0 Å². The van der Waals surface area contributed by atoms with Gasteiger partial charge >= 0.3 is 0 Å². The zero-order chi connectivity index (χ0) is 13.8. The summed E-state index contributed by atoms with van der Waals surface area (Å²) in [7, 11) is 0. The predicted molar refractivity (Wildman–Crippen MR) is 76.2 cm³/mol. The highest BCUT2D eigenvalue weighted by Gasteiger charge is 2.33. The zero-order valence-corrected chi connectivity index (χ0v) is 12.5. The molecule has 1 amide bonds. The molecule has 0 radical (unpaired) electrons. The molecule has 3 heteroatoms. The lowest BCUT2D eigenvalue weighted by Crippen LogP contribution is -2.56. The molecule has 0 bridgehead atoms. The van der Waals surface area contributed by atoms with Gasteiger partial charge in [0.05, 0.1) is 5.54 Å². The fourth-order valence-corrected chi connectivity index (χ4v) is 3.10. The molecule has 0 heterocycles. The fraction of sp³-hybridized carbons (Fsp3) is 0.933. The molecule has 1 aliphatic carbocycles. The minimum absolute atomic E-state index is 0.0295. The van der Waals surface area contributed by atoms with Gasteiger partial charge in [0.1, 0.15) is 0 Å². The van der Waals surface area contributed by atoms with Crippen molar-refractivity contribution < 1.29 is 4.79 Å². The van der Waals surface area contributed by atoms with Crippen molar-refractivity contribution in [3.05, 3.63) is 0 Å². The quantitative estimate of drug-likeness (QED) is 0.792. The molecule has 3 atom stereocenters. The van der Waals surface area contributed by atoms with E-state index in [-0.39, 0.29) is 5.91 Å². The summed E-state index contributed by atoms with van der Waals surface area (Å²) in [4.78, 5) is 12.3. The lowest BCUT2D eigenvalue weighted by Gasteiger charge is -2.37. The van der Waals surface area contributed by atoms with Crippen LogP contribution in [0.25, 0.3) is 0 Å². The van der Waals surface area contributed by atoms with Crippen molar-refractivity contribution in [2.24, 2.45) is 17.6 Å². The van der Waals surface area contributed by atoms with Gasteiger partial charge in [-0.3, -0.25) is 4.79 Å². The molecular formula is C15H30N2O. The van der Waals surface area contributed by atoms with Gasteiger partial charge in [0.2, 0.25) is 5.91 Å². The van der Waals surface area contributed by atoms with Crippen molar-refractivity contribution in [3.8, 4) is 0 Å². The maximum atomic E-state index is 12.3. The van der Waals surface area contributed by atoms with Gasteiger partial charge < -0.3 is 11.1 Å². The lowest BCUT2D eigenvalue weighted by molar-refractivity contribution is -0.127. The van der Waals surface area contributed by atoms with Crippen LogP contribution in [-0.2, 0) is 4.79 Å². The van der Waals surface area contributed by atoms with Gasteiger partial charge in [0.15, 0.2) is 0 Å². The molecule has 0 saturated heterocycles. The summed E-state index contributed by atoms with van der Waals surface area (Å²) in [6, 6.07) is 0.325. The standard InChI is InChI=1S/C15H30N2O/c1-5-10-15(4,16)14(18)17-13-9-7-6-8-12(13)11(2)3/h11-13H,5-10,16H2,1-4H3,(H,17,18). The van der Waals surface area contributed by atoms with Crippen molar-refractivity contribution >= 4 is 5.91 Å². The summed E-state index contributed by atoms with van der Waals surface area (Å²) in [6.45, 7) is 8.42. The van der Waals surface area contributed by atoms with Crippen LogP contribution in [0.2, 0.25) is 0 Å². The number of hydrogen-bond donors (Lipinski definition) is 2. The number of nitrogens with one attached hydrogen (secondary N) is 1. The molecule has 0 aromatic rings. The number of rotatable bonds is 5. The van der Waals surface area contributed by atoms with Crippen molar-refractivity contribution in [1.82, 2.24) is 5.32 Å². The molecule has 1 aliphatic rings. The SMILES string of the molecule is CCCC(C)(N)C(=O)NC1CCCCC1C(C)C. The molecule has 1 fully saturated rings. The molecule has 18 heavy (non-hydrogen) atoms. The van der Waals surface area contributed by atoms with Gasteiger partial charge in [-0.1, -0.05) is 40.0 Å². The highest BCUT2D eigenvalue weighted by Crippen LogP contribution is 2.30. The van der Waals surface area contributed by atoms with Gasteiger partial charge in [-0.15, -0.1) is 0 Å². The highest BCUT2D eigenvalue weighted by molar-refractivity contribution is 5.85. The van der Waals surface area contributed by atoms with E-state index in [1.54, 1.807) is 0 Å². The molecule has 1 rings (SSSR count). The second kappa shape index (κ2) is 6.55. The normalized spacial score (nSPS) is 27.9. The summed E-state index contributed by atoms with van der Waals surface area (Å²) >= 11 is 0. The smallest absolute Gasteiger partial charge is 0.240 e. The van der Waals surface area contributed by atoms with Gasteiger partial charge in [0, 0.05) is 6.04 Å². The topological polar surface area (TPSA) is 55.1 Å². The van der Waals surface area contributed by atoms with Crippen LogP contribution in [-0.4, -0.2) is 17.5 Å². The molecule has 0 aliphatic heterocycles. The second-order valence-corrected chi connectivity index (χ2v) is 6.44. The number of hydrogen-bond acceptors (Lipinski definition) is 2. The summed E-state index contributed by atoms with van der Waals surface area (Å²) in [5.41, 5.74) is 5.38. The van der Waals surface area contributed by atoms with Crippen molar-refractivity contribution in [2.75, 3.05) is 0 Å². The molecule has 0 aromatic heterocycles. The van der Waals surface area contributed by atoms with Crippen LogP contribution >= 0.6 is 0 Å². The molecular weight excluding hydrogens is 224 g/mol. The Bertz CT molecular complexity index is 274. The zero-order valence-electron chi connectivity index (χ0n) is 12.5. The average molecular weight is 254 g/mol. The van der Waals surface area contributed by atoms with Crippen LogP contribution in [0.1, 0.15) is 66.2 Å². The van der Waals surface area contributed by atoms with E-state index < -0.39 is 5.54 Å². The maximum absolute atomic E-state index is 12.3. The monoisotopic (exact) mass is 254 g/mol. The largest absolute Gasteiger partial charge is 0.351 e. The number of carbonyl (C=O) groups excluding carboxylic acids is 1. The first-order chi connectivity index (χ1) is 8.38. The Morgan fingerprint density at radius 1 is 1.39 bits per heavy atom. The van der Waals surface area contributed by atoms with Crippen LogP contribution in [0, 0.1) is 11.8 Å². The van der Waals surface area contributed by atoms with Crippen LogP contribution in [0.15, 0.2) is 0 Å². The third-order valence-corrected chi connectivity index (χ3v) is 4.28. The molecule has 0 spiro atoms. The molecule has 0 aromatic carbocycles. The third-order valence-electron chi connectivity index (χ3n) is 4.28. The van der Waals surface area contributed by atoms with E-state index in [1.807, 2.05) is 6.92 Å². The average Bonchev–Trinajstić information content (AvgIpc) is 2.29. The molecule has 106 valence electrons. The minimum atomic E-state index is -0.715. The van der Waals surface area contributed by atoms with Crippen LogP contribution in [0.4, 0.5) is 0 Å². The molecule has 1 saturated carbocycles. The summed E-state index contributed by atoms with van der Waals surface area (Å²) in [5, 5.41) is 3.21. The molecule has 3 nitrogen and oxygen atoms in total. The van der Waals surface area contributed by atoms with E-state index in [9.17, 15) is 4.79 Å². The second-order valence-electron chi connectivity index (χ2n) is 6.44. The lowest BCUT2D eigenvalue weighted by atomic mass is 9.77. The summed E-state index contributed by atoms with van der Waals surface area (Å²) < 4.78 is 0. The Balaban J connectivity index is 2.61. The maximum Gasteiger partial charge on any atom is 0.240 e. The van der Waals surface area contributed by atoms with E-state index in [2.05, 4.69) is 26.1 Å². The Hall–Kier alpha value is -0.570. The Morgan fingerprint density at radius 3 is 2.56 bits per heavy atom. The van der Waals surface area contributed by atoms with Crippen molar-refractivity contribution in [3.63, 3.8) is 0 Å². The van der Waals surface area contributed by atoms with Crippen molar-refractivity contribution in [2.45, 2.75) is 77.8 Å². The number of amides is 1. The molecule has 3 N–H and O–H groups in total. The minimum Gasteiger partial charge on any atom is -0.351 e. The van der Waals surface area contributed by atoms with E-state index >= 15 is 0 Å². The number of carbonyl (C=O) groups is 1. The first-order valence-electron chi connectivity index (χ1n) is 7.48. The Kier molecular flexibility index (Phi) is 5.64. The van der Waals surface area contributed by atoms with Crippen LogP contribution in [0.3, 0.4) is 0 Å². The van der Waals surface area contributed by atoms with Gasteiger partial charge in [-0.05, 0) is 38.0 Å². The van der Waals surface area contributed by atoms with Crippen LogP contribution < -0.4 is 11.1 Å². The van der Waals surface area contributed by atoms with E-state index in [4.69, 9.17) is 5.73 Å². The van der Waals surface area contributed by atoms with E-state index in [0.717, 1.165) is 19.3 Å². The first kappa shape index (κ1) is 15.5. The predicted octanol–water partition coefficient (Wildman–Crippen LogP) is 2.83. The highest BCUT2D eigenvalue weighted by atomic mass is 16.2. The van der Waals surface area contributed by atoms with E-state index in [1.165, 1.54) is 19.3 Å². The fourth-order valence-electron chi connectivity index (χ4n) is 3.10. The van der Waals surface area contributed by atoms with Crippen LogP contribution in [0.5, 0.6) is 0 Å². The van der Waals surface area contributed by atoms with Crippen molar-refractivity contribution in [1.29, 1.82) is 0 Å². The molecule has 3 unspecified atom stereocenters. The van der Waals surface area contributed by atoms with E-state index in [0.29, 0.717) is 17.9 Å². The third kappa shape index (κ3) is 3.98. The first-order valence-corrected chi connectivity index (χ1v) is 7.48.